The Kier molecular flexibility index (Phi) is 4.48. The monoisotopic (exact) mass is 388 g/mol. The van der Waals surface area contributed by atoms with Crippen molar-refractivity contribution in [1.29, 1.82) is 0 Å². The predicted molar refractivity (Wildman–Crippen MR) is 78.5 cm³/mol. The second kappa shape index (κ2) is 6.12. The van der Waals surface area contributed by atoms with Crippen LogP contribution in [0.2, 0.25) is 0 Å². The van der Waals surface area contributed by atoms with Gasteiger partial charge in [0, 0.05) is 6.20 Å². The topological polar surface area (TPSA) is 61.2 Å². The van der Waals surface area contributed by atoms with Crippen LogP contribution in [0, 0.1) is 9.39 Å². The third kappa shape index (κ3) is 3.03. The summed E-state index contributed by atoms with van der Waals surface area (Å²) in [4.78, 5) is 27.8. The number of aromatic nitrogens is 2. The number of methoxy groups -OCH3 is 1. The summed E-state index contributed by atoms with van der Waals surface area (Å²) in [5.41, 5.74) is -0.220. The van der Waals surface area contributed by atoms with Gasteiger partial charge in [-0.25, -0.2) is 9.37 Å². The molecule has 20 heavy (non-hydrogen) atoms. The molecule has 0 aliphatic carbocycles. The molecule has 0 fully saturated rings. The van der Waals surface area contributed by atoms with E-state index in [1.807, 2.05) is 22.6 Å². The summed E-state index contributed by atoms with van der Waals surface area (Å²) >= 11 is 1.84. The molecule has 2 aromatic rings. The molecule has 0 N–H and O–H groups in total. The standard InChI is InChI=1S/C13H10FIN2O3/c1-20-12-3-2-8(14)4-9(12)11(18)6-17-7-16-5-10(15)13(17)19/h2-5,7H,6H2,1H3. The quantitative estimate of drug-likeness (QED) is 0.593. The first-order valence-corrected chi connectivity index (χ1v) is 6.67. The summed E-state index contributed by atoms with van der Waals surface area (Å²) in [6.45, 7) is -0.220. The first-order valence-electron chi connectivity index (χ1n) is 5.59. The maximum atomic E-state index is 13.2. The third-order valence-corrected chi connectivity index (χ3v) is 3.37. The summed E-state index contributed by atoms with van der Waals surface area (Å²) in [5.74, 6) is -0.697. The zero-order valence-corrected chi connectivity index (χ0v) is 12.6. The number of carbonyl (C=O) groups excluding carboxylic acids is 1. The first-order chi connectivity index (χ1) is 9.52. The fourth-order valence-electron chi connectivity index (χ4n) is 1.67. The Balaban J connectivity index is 2.35. The maximum Gasteiger partial charge on any atom is 0.267 e. The minimum Gasteiger partial charge on any atom is -0.496 e. The van der Waals surface area contributed by atoms with Crippen LogP contribution in [0.3, 0.4) is 0 Å². The molecule has 0 aliphatic rings. The Morgan fingerprint density at radius 3 is 2.95 bits per heavy atom. The molecular weight excluding hydrogens is 378 g/mol. The molecule has 0 bridgehead atoms. The van der Waals surface area contributed by atoms with Gasteiger partial charge in [0.1, 0.15) is 11.6 Å². The van der Waals surface area contributed by atoms with Gasteiger partial charge < -0.3 is 4.74 Å². The fourth-order valence-corrected chi connectivity index (χ4v) is 2.15. The molecule has 0 aliphatic heterocycles. The van der Waals surface area contributed by atoms with Gasteiger partial charge in [-0.05, 0) is 40.8 Å². The Morgan fingerprint density at radius 2 is 2.25 bits per heavy atom. The molecule has 2 rings (SSSR count). The third-order valence-electron chi connectivity index (χ3n) is 2.63. The van der Waals surface area contributed by atoms with Crippen LogP contribution in [0.15, 0.2) is 35.5 Å². The fraction of sp³-hybridized carbons (Fsp3) is 0.154. The maximum absolute atomic E-state index is 13.2. The van der Waals surface area contributed by atoms with Crippen molar-refractivity contribution in [3.05, 3.63) is 56.0 Å². The molecule has 104 valence electrons. The van der Waals surface area contributed by atoms with E-state index in [0.717, 1.165) is 6.07 Å². The van der Waals surface area contributed by atoms with Crippen molar-refractivity contribution in [3.63, 3.8) is 0 Å². The van der Waals surface area contributed by atoms with Crippen molar-refractivity contribution < 1.29 is 13.9 Å². The van der Waals surface area contributed by atoms with Gasteiger partial charge in [-0.15, -0.1) is 0 Å². The lowest BCUT2D eigenvalue weighted by Crippen LogP contribution is -2.26. The number of ether oxygens (including phenoxy) is 1. The molecule has 0 unspecified atom stereocenters. The van der Waals surface area contributed by atoms with Crippen LogP contribution >= 0.6 is 22.6 Å². The zero-order valence-electron chi connectivity index (χ0n) is 10.5. The molecule has 0 saturated heterocycles. The van der Waals surface area contributed by atoms with Crippen molar-refractivity contribution in [1.82, 2.24) is 9.55 Å². The van der Waals surface area contributed by atoms with Crippen molar-refractivity contribution in [3.8, 4) is 5.75 Å². The Hall–Kier alpha value is -1.77. The molecule has 7 heteroatoms. The van der Waals surface area contributed by atoms with Gasteiger partial charge in [0.15, 0.2) is 5.78 Å². The summed E-state index contributed by atoms with van der Waals surface area (Å²) in [7, 11) is 1.39. The second-order valence-corrected chi connectivity index (χ2v) is 5.10. The average Bonchev–Trinajstić information content (AvgIpc) is 2.43. The number of carbonyl (C=O) groups is 1. The number of halogens is 2. The second-order valence-electron chi connectivity index (χ2n) is 3.94. The molecular formula is C13H10FIN2O3. The van der Waals surface area contributed by atoms with Crippen LogP contribution < -0.4 is 10.3 Å². The van der Waals surface area contributed by atoms with Crippen LogP contribution in [0.1, 0.15) is 10.4 Å². The highest BCUT2D eigenvalue weighted by atomic mass is 127. The predicted octanol–water partition coefficient (Wildman–Crippen LogP) is 1.88. The van der Waals surface area contributed by atoms with Crippen molar-refractivity contribution in [2.24, 2.45) is 0 Å². The lowest BCUT2D eigenvalue weighted by Gasteiger charge is -2.09. The molecule has 5 nitrogen and oxygen atoms in total. The van der Waals surface area contributed by atoms with Crippen molar-refractivity contribution >= 4 is 28.4 Å². The van der Waals surface area contributed by atoms with E-state index in [1.165, 1.54) is 36.3 Å². The van der Waals surface area contributed by atoms with Crippen molar-refractivity contribution in [2.45, 2.75) is 6.54 Å². The van der Waals surface area contributed by atoms with E-state index in [9.17, 15) is 14.0 Å². The zero-order chi connectivity index (χ0) is 14.7. The lowest BCUT2D eigenvalue weighted by atomic mass is 10.1. The largest absolute Gasteiger partial charge is 0.496 e. The number of ketones is 1. The minimum absolute atomic E-state index is 0.0956. The van der Waals surface area contributed by atoms with Crippen LogP contribution in [0.25, 0.3) is 0 Å². The number of hydrogen-bond donors (Lipinski definition) is 0. The highest BCUT2D eigenvalue weighted by Crippen LogP contribution is 2.20. The molecule has 1 heterocycles. The van der Waals surface area contributed by atoms with Gasteiger partial charge in [-0.3, -0.25) is 14.2 Å². The molecule has 1 aromatic heterocycles. The molecule has 0 radical (unpaired) electrons. The summed E-state index contributed by atoms with van der Waals surface area (Å²) < 4.78 is 19.8. The number of Topliss-reactive ketones (excluding diaryl/α,β-unsaturated/α-hetero) is 1. The smallest absolute Gasteiger partial charge is 0.267 e. The molecule has 0 saturated carbocycles. The van der Waals surface area contributed by atoms with Gasteiger partial charge in [-0.2, -0.15) is 0 Å². The number of rotatable bonds is 4. The van der Waals surface area contributed by atoms with Gasteiger partial charge in [0.25, 0.3) is 5.56 Å². The van der Waals surface area contributed by atoms with Crippen molar-refractivity contribution in [2.75, 3.05) is 7.11 Å². The number of hydrogen-bond acceptors (Lipinski definition) is 4. The van der Waals surface area contributed by atoms with Gasteiger partial charge in [-0.1, -0.05) is 0 Å². The average molecular weight is 388 g/mol. The van der Waals surface area contributed by atoms with E-state index in [4.69, 9.17) is 4.74 Å². The molecule has 0 amide bonds. The van der Waals surface area contributed by atoms with E-state index in [2.05, 4.69) is 4.98 Å². The Morgan fingerprint density at radius 1 is 1.50 bits per heavy atom. The molecule has 0 atom stereocenters. The Labute approximate surface area is 127 Å². The molecule has 0 spiro atoms. The summed E-state index contributed by atoms with van der Waals surface area (Å²) in [6.07, 6.45) is 2.68. The lowest BCUT2D eigenvalue weighted by molar-refractivity contribution is 0.0967. The van der Waals surface area contributed by atoms with Crippen LogP contribution in [-0.4, -0.2) is 22.4 Å². The highest BCUT2D eigenvalue weighted by molar-refractivity contribution is 14.1. The number of benzene rings is 1. The van der Waals surface area contributed by atoms with E-state index < -0.39 is 11.6 Å². The van der Waals surface area contributed by atoms with Crippen LogP contribution in [0.4, 0.5) is 4.39 Å². The van der Waals surface area contributed by atoms with Gasteiger partial charge in [0.05, 0.1) is 29.1 Å². The first kappa shape index (κ1) is 14.6. The van der Waals surface area contributed by atoms with E-state index in [0.29, 0.717) is 3.57 Å². The number of nitrogens with zero attached hydrogens (tertiary/aromatic N) is 2. The summed E-state index contributed by atoms with van der Waals surface area (Å²) in [5, 5.41) is 0. The van der Waals surface area contributed by atoms with E-state index >= 15 is 0 Å². The summed E-state index contributed by atoms with van der Waals surface area (Å²) in [6, 6.07) is 3.67. The molecule has 1 aromatic carbocycles. The van der Waals surface area contributed by atoms with Gasteiger partial charge >= 0.3 is 0 Å². The van der Waals surface area contributed by atoms with Crippen LogP contribution in [-0.2, 0) is 6.54 Å². The minimum atomic E-state index is -0.540. The Bertz CT molecular complexity index is 715. The normalized spacial score (nSPS) is 10.3. The van der Waals surface area contributed by atoms with E-state index in [-0.39, 0.29) is 23.4 Å². The highest BCUT2D eigenvalue weighted by Gasteiger charge is 2.15. The van der Waals surface area contributed by atoms with E-state index in [1.54, 1.807) is 0 Å². The SMILES string of the molecule is COc1ccc(F)cc1C(=O)Cn1cncc(I)c1=O. The van der Waals surface area contributed by atoms with Crippen LogP contribution in [0.5, 0.6) is 5.75 Å². The van der Waals surface area contributed by atoms with Gasteiger partial charge in [0.2, 0.25) is 0 Å².